The molecule has 0 bridgehead atoms. The second kappa shape index (κ2) is 11.6. The van der Waals surface area contributed by atoms with E-state index in [1.54, 1.807) is 17.8 Å². The second-order valence-electron chi connectivity index (χ2n) is 6.67. The van der Waals surface area contributed by atoms with Gasteiger partial charge in [-0.25, -0.2) is 0 Å². The average Bonchev–Trinajstić information content (AvgIpc) is 2.56. The Balaban J connectivity index is 2.70. The molecule has 4 nitrogen and oxygen atoms in total. The molecule has 1 rings (SSSR count). The Labute approximate surface area is 164 Å². The van der Waals surface area contributed by atoms with Crippen molar-refractivity contribution in [1.82, 2.24) is 10.6 Å². The standard InChI is InChI=1S/C19H29BrN2O2S/c1-13(2)9-10-14(3)21-19(24)17(11-12-25-4)22-18(23)15-7-5-6-8-16(15)20/h5-8,13-14,17H,9-12H2,1-4H3,(H,21,24)(H,22,23). The smallest absolute Gasteiger partial charge is 0.253 e. The van der Waals surface area contributed by atoms with Gasteiger partial charge in [0.1, 0.15) is 6.04 Å². The van der Waals surface area contributed by atoms with Gasteiger partial charge in [0.15, 0.2) is 0 Å². The summed E-state index contributed by atoms with van der Waals surface area (Å²) in [5, 5.41) is 5.93. The number of thioether (sulfide) groups is 1. The molecule has 0 aromatic heterocycles. The summed E-state index contributed by atoms with van der Waals surface area (Å²) >= 11 is 5.05. The molecular weight excluding hydrogens is 400 g/mol. The minimum atomic E-state index is -0.520. The van der Waals surface area contributed by atoms with Crippen LogP contribution in [0.4, 0.5) is 0 Å². The van der Waals surface area contributed by atoms with E-state index in [0.717, 1.165) is 23.1 Å². The molecule has 0 radical (unpaired) electrons. The van der Waals surface area contributed by atoms with E-state index in [9.17, 15) is 9.59 Å². The normalized spacial score (nSPS) is 13.4. The molecule has 25 heavy (non-hydrogen) atoms. The summed E-state index contributed by atoms with van der Waals surface area (Å²) in [7, 11) is 0. The summed E-state index contributed by atoms with van der Waals surface area (Å²) < 4.78 is 0.724. The molecule has 2 amide bonds. The van der Waals surface area contributed by atoms with Gasteiger partial charge in [-0.05, 0) is 72.2 Å². The number of hydrogen-bond acceptors (Lipinski definition) is 3. The summed E-state index contributed by atoms with van der Waals surface area (Å²) in [6.07, 6.45) is 4.62. The Kier molecular flexibility index (Phi) is 10.2. The van der Waals surface area contributed by atoms with E-state index in [1.165, 1.54) is 0 Å². The van der Waals surface area contributed by atoms with Crippen molar-refractivity contribution in [2.45, 2.75) is 52.1 Å². The fraction of sp³-hybridized carbons (Fsp3) is 0.579. The number of amides is 2. The minimum absolute atomic E-state index is 0.104. The zero-order chi connectivity index (χ0) is 18.8. The molecular formula is C19H29BrN2O2S. The lowest BCUT2D eigenvalue weighted by molar-refractivity contribution is -0.123. The Morgan fingerprint density at radius 1 is 1.08 bits per heavy atom. The molecule has 2 N–H and O–H groups in total. The summed E-state index contributed by atoms with van der Waals surface area (Å²) in [6, 6.07) is 6.81. The average molecular weight is 429 g/mol. The van der Waals surface area contributed by atoms with Crippen LogP contribution in [0.15, 0.2) is 28.7 Å². The number of carbonyl (C=O) groups excluding carboxylic acids is 2. The van der Waals surface area contributed by atoms with E-state index >= 15 is 0 Å². The summed E-state index contributed by atoms with van der Waals surface area (Å²) in [5.41, 5.74) is 0.539. The number of rotatable bonds is 10. The maximum atomic E-state index is 12.6. The SMILES string of the molecule is CSCCC(NC(=O)c1ccccc1Br)C(=O)NC(C)CCC(C)C. The third kappa shape index (κ3) is 8.27. The van der Waals surface area contributed by atoms with Crippen molar-refractivity contribution in [1.29, 1.82) is 0 Å². The van der Waals surface area contributed by atoms with Crippen LogP contribution >= 0.6 is 27.7 Å². The van der Waals surface area contributed by atoms with Crippen molar-refractivity contribution in [2.75, 3.05) is 12.0 Å². The Morgan fingerprint density at radius 3 is 2.36 bits per heavy atom. The van der Waals surface area contributed by atoms with E-state index in [-0.39, 0.29) is 17.9 Å². The highest BCUT2D eigenvalue weighted by molar-refractivity contribution is 9.10. The molecule has 0 saturated carbocycles. The highest BCUT2D eigenvalue weighted by Crippen LogP contribution is 2.16. The van der Waals surface area contributed by atoms with Crippen LogP contribution in [-0.4, -0.2) is 35.9 Å². The Hall–Kier alpha value is -1.01. The molecule has 0 aliphatic rings. The topological polar surface area (TPSA) is 58.2 Å². The van der Waals surface area contributed by atoms with Crippen molar-refractivity contribution in [3.05, 3.63) is 34.3 Å². The predicted molar refractivity (Wildman–Crippen MR) is 110 cm³/mol. The van der Waals surface area contributed by atoms with Crippen LogP contribution in [0.1, 0.15) is 50.4 Å². The zero-order valence-corrected chi connectivity index (χ0v) is 17.9. The van der Waals surface area contributed by atoms with Crippen LogP contribution in [0.25, 0.3) is 0 Å². The van der Waals surface area contributed by atoms with Gasteiger partial charge in [0.25, 0.3) is 5.91 Å². The first-order valence-corrected chi connectivity index (χ1v) is 10.9. The number of nitrogens with one attached hydrogen (secondary N) is 2. The Morgan fingerprint density at radius 2 is 1.76 bits per heavy atom. The maximum absolute atomic E-state index is 12.6. The summed E-state index contributed by atoms with van der Waals surface area (Å²) in [5.74, 6) is 1.09. The van der Waals surface area contributed by atoms with Crippen LogP contribution in [0.5, 0.6) is 0 Å². The number of carbonyl (C=O) groups is 2. The molecule has 0 spiro atoms. The number of benzene rings is 1. The van der Waals surface area contributed by atoms with Crippen molar-refractivity contribution in [2.24, 2.45) is 5.92 Å². The predicted octanol–water partition coefficient (Wildman–Crippen LogP) is 4.24. The summed E-state index contributed by atoms with van der Waals surface area (Å²) in [4.78, 5) is 25.1. The molecule has 0 saturated heterocycles. The van der Waals surface area contributed by atoms with Gasteiger partial charge in [0, 0.05) is 10.5 Å². The second-order valence-corrected chi connectivity index (χ2v) is 8.51. The van der Waals surface area contributed by atoms with E-state index in [1.807, 2.05) is 31.4 Å². The van der Waals surface area contributed by atoms with Crippen molar-refractivity contribution in [3.8, 4) is 0 Å². The lowest BCUT2D eigenvalue weighted by Crippen LogP contribution is -2.49. The molecule has 140 valence electrons. The van der Waals surface area contributed by atoms with Crippen LogP contribution < -0.4 is 10.6 Å². The van der Waals surface area contributed by atoms with E-state index in [2.05, 4.69) is 40.4 Å². The van der Waals surface area contributed by atoms with Gasteiger partial charge in [-0.3, -0.25) is 9.59 Å². The first-order chi connectivity index (χ1) is 11.8. The first-order valence-electron chi connectivity index (χ1n) is 8.69. The summed E-state index contributed by atoms with van der Waals surface area (Å²) in [6.45, 7) is 6.36. The van der Waals surface area contributed by atoms with Crippen LogP contribution in [0.2, 0.25) is 0 Å². The van der Waals surface area contributed by atoms with Crippen LogP contribution in [0, 0.1) is 5.92 Å². The lowest BCUT2D eigenvalue weighted by atomic mass is 10.0. The monoisotopic (exact) mass is 428 g/mol. The van der Waals surface area contributed by atoms with Gasteiger partial charge in [0.05, 0.1) is 5.56 Å². The quantitative estimate of drug-likeness (QED) is 0.585. The molecule has 1 aromatic rings. The lowest BCUT2D eigenvalue weighted by Gasteiger charge is -2.22. The maximum Gasteiger partial charge on any atom is 0.253 e. The first kappa shape index (κ1) is 22.0. The van der Waals surface area contributed by atoms with Crippen LogP contribution in [0.3, 0.4) is 0 Å². The van der Waals surface area contributed by atoms with Gasteiger partial charge in [0.2, 0.25) is 5.91 Å². The molecule has 1 aromatic carbocycles. The van der Waals surface area contributed by atoms with Gasteiger partial charge in [-0.2, -0.15) is 11.8 Å². The molecule has 2 atom stereocenters. The fourth-order valence-electron chi connectivity index (χ4n) is 2.38. The van der Waals surface area contributed by atoms with Gasteiger partial charge in [-0.15, -0.1) is 0 Å². The molecule has 0 heterocycles. The van der Waals surface area contributed by atoms with Gasteiger partial charge >= 0.3 is 0 Å². The third-order valence-corrected chi connectivity index (χ3v) is 5.25. The largest absolute Gasteiger partial charge is 0.352 e. The van der Waals surface area contributed by atoms with Crippen molar-refractivity contribution >= 4 is 39.5 Å². The highest BCUT2D eigenvalue weighted by atomic mass is 79.9. The van der Waals surface area contributed by atoms with Crippen molar-refractivity contribution in [3.63, 3.8) is 0 Å². The van der Waals surface area contributed by atoms with Crippen LogP contribution in [-0.2, 0) is 4.79 Å². The van der Waals surface area contributed by atoms with E-state index < -0.39 is 6.04 Å². The number of halogens is 1. The molecule has 0 aliphatic heterocycles. The van der Waals surface area contributed by atoms with Gasteiger partial charge < -0.3 is 10.6 Å². The third-order valence-electron chi connectivity index (χ3n) is 3.92. The zero-order valence-electron chi connectivity index (χ0n) is 15.5. The fourth-order valence-corrected chi connectivity index (χ4v) is 3.32. The molecule has 6 heteroatoms. The number of hydrogen-bond donors (Lipinski definition) is 2. The molecule has 2 unspecified atom stereocenters. The van der Waals surface area contributed by atoms with E-state index in [0.29, 0.717) is 17.9 Å². The molecule has 0 fully saturated rings. The Bertz CT molecular complexity index is 566. The minimum Gasteiger partial charge on any atom is -0.352 e. The highest BCUT2D eigenvalue weighted by Gasteiger charge is 2.23. The van der Waals surface area contributed by atoms with Gasteiger partial charge in [-0.1, -0.05) is 26.0 Å². The molecule has 0 aliphatic carbocycles. The van der Waals surface area contributed by atoms with Crippen molar-refractivity contribution < 1.29 is 9.59 Å². The van der Waals surface area contributed by atoms with E-state index in [4.69, 9.17) is 0 Å².